The highest BCUT2D eigenvalue weighted by atomic mass is 32.2. The van der Waals surface area contributed by atoms with Crippen LogP contribution in [0.3, 0.4) is 0 Å². The highest BCUT2D eigenvalue weighted by Gasteiger charge is 2.16. The van der Waals surface area contributed by atoms with E-state index in [0.29, 0.717) is 24.7 Å². The van der Waals surface area contributed by atoms with Gasteiger partial charge >= 0.3 is 0 Å². The maximum Gasteiger partial charge on any atom is 0.242 e. The summed E-state index contributed by atoms with van der Waals surface area (Å²) < 4.78 is 30.2. The summed E-state index contributed by atoms with van der Waals surface area (Å²) in [4.78, 5) is 0.291. The van der Waals surface area contributed by atoms with Crippen LogP contribution in [0.2, 0.25) is 0 Å². The topological polar surface area (TPSA) is 84.7 Å². The summed E-state index contributed by atoms with van der Waals surface area (Å²) in [5, 5.41) is 3.21. The van der Waals surface area contributed by atoms with Crippen molar-refractivity contribution in [2.75, 3.05) is 45.7 Å². The molecule has 20 heavy (non-hydrogen) atoms. The van der Waals surface area contributed by atoms with Crippen molar-refractivity contribution in [2.24, 2.45) is 5.73 Å². The van der Waals surface area contributed by atoms with Crippen molar-refractivity contribution in [1.82, 2.24) is 4.31 Å². The fourth-order valence-electron chi connectivity index (χ4n) is 1.55. The summed E-state index contributed by atoms with van der Waals surface area (Å²) >= 11 is 0. The maximum atomic E-state index is 11.9. The van der Waals surface area contributed by atoms with E-state index in [9.17, 15) is 8.42 Å². The van der Waals surface area contributed by atoms with Crippen molar-refractivity contribution in [3.05, 3.63) is 24.3 Å². The molecule has 0 spiro atoms. The molecule has 0 aliphatic heterocycles. The van der Waals surface area contributed by atoms with Crippen LogP contribution in [-0.4, -0.2) is 53.1 Å². The number of hydrogen-bond acceptors (Lipinski definition) is 5. The summed E-state index contributed by atoms with van der Waals surface area (Å²) in [6, 6.07) is 6.72. The van der Waals surface area contributed by atoms with Gasteiger partial charge in [-0.05, 0) is 30.7 Å². The van der Waals surface area contributed by atoms with Crippen LogP contribution in [-0.2, 0) is 14.8 Å². The van der Waals surface area contributed by atoms with Gasteiger partial charge in [0.1, 0.15) is 0 Å². The van der Waals surface area contributed by atoms with E-state index in [4.69, 9.17) is 10.5 Å². The summed E-state index contributed by atoms with van der Waals surface area (Å²) in [7, 11) is -0.322. The molecule has 0 unspecified atom stereocenters. The van der Waals surface area contributed by atoms with Gasteiger partial charge in [0.05, 0.1) is 11.5 Å². The van der Waals surface area contributed by atoms with Crippen LogP contribution in [0.4, 0.5) is 5.69 Å². The number of nitrogens with one attached hydrogen (secondary N) is 1. The van der Waals surface area contributed by atoms with Crippen molar-refractivity contribution in [3.8, 4) is 0 Å². The first-order valence-electron chi connectivity index (χ1n) is 6.52. The molecule has 7 heteroatoms. The molecule has 0 amide bonds. The molecule has 0 saturated heterocycles. The molecule has 3 N–H and O–H groups in total. The molecule has 1 aromatic rings. The Balaban J connectivity index is 2.44. The Labute approximate surface area is 121 Å². The van der Waals surface area contributed by atoms with Gasteiger partial charge in [-0.1, -0.05) is 0 Å². The molecule has 0 aromatic heterocycles. The fraction of sp³-hybridized carbons (Fsp3) is 0.538. The number of ether oxygens (including phenoxy) is 1. The largest absolute Gasteiger partial charge is 0.385 e. The number of sulfonamides is 1. The minimum absolute atomic E-state index is 0.291. The lowest BCUT2D eigenvalue weighted by Gasteiger charge is -2.12. The summed E-state index contributed by atoms with van der Waals surface area (Å²) in [6.45, 7) is 2.55. The van der Waals surface area contributed by atoms with E-state index in [-0.39, 0.29) is 0 Å². The van der Waals surface area contributed by atoms with Gasteiger partial charge in [0.15, 0.2) is 0 Å². The Morgan fingerprint density at radius 3 is 2.40 bits per heavy atom. The van der Waals surface area contributed by atoms with E-state index in [1.165, 1.54) is 18.4 Å². The Morgan fingerprint density at radius 2 is 1.85 bits per heavy atom. The number of benzene rings is 1. The maximum absolute atomic E-state index is 11.9. The third-order valence-electron chi connectivity index (χ3n) is 2.69. The smallest absolute Gasteiger partial charge is 0.242 e. The lowest BCUT2D eigenvalue weighted by atomic mass is 10.3. The predicted molar refractivity (Wildman–Crippen MR) is 80.3 cm³/mol. The summed E-state index contributed by atoms with van der Waals surface area (Å²) in [6.07, 6.45) is 0.873. The van der Waals surface area contributed by atoms with Gasteiger partial charge < -0.3 is 15.8 Å². The second-order valence-electron chi connectivity index (χ2n) is 4.49. The second-order valence-corrected chi connectivity index (χ2v) is 6.65. The van der Waals surface area contributed by atoms with Crippen LogP contribution in [0.25, 0.3) is 0 Å². The van der Waals surface area contributed by atoms with Crippen LogP contribution in [0.1, 0.15) is 6.42 Å². The Bertz CT molecular complexity index is 486. The van der Waals surface area contributed by atoms with Crippen molar-refractivity contribution in [1.29, 1.82) is 0 Å². The lowest BCUT2D eigenvalue weighted by molar-refractivity contribution is 0.141. The number of hydrogen-bond donors (Lipinski definition) is 2. The molecule has 0 aliphatic carbocycles. The van der Waals surface area contributed by atoms with Crippen molar-refractivity contribution in [3.63, 3.8) is 0 Å². The molecule has 6 nitrogen and oxygen atoms in total. The van der Waals surface area contributed by atoms with Gasteiger partial charge in [0.2, 0.25) is 10.0 Å². The first-order valence-corrected chi connectivity index (χ1v) is 7.97. The summed E-state index contributed by atoms with van der Waals surface area (Å²) in [5.74, 6) is 0. The molecule has 0 aliphatic rings. The zero-order valence-corrected chi connectivity index (χ0v) is 12.8. The Morgan fingerprint density at radius 1 is 1.20 bits per heavy atom. The van der Waals surface area contributed by atoms with Crippen LogP contribution in [0.15, 0.2) is 29.2 Å². The second kappa shape index (κ2) is 8.21. The number of rotatable bonds is 9. The molecule has 0 bridgehead atoms. The van der Waals surface area contributed by atoms with E-state index in [1.807, 2.05) is 0 Å². The number of nitrogens with zero attached hydrogens (tertiary/aromatic N) is 1. The zero-order valence-electron chi connectivity index (χ0n) is 12.0. The average Bonchev–Trinajstić information content (AvgIpc) is 2.43. The number of nitrogens with two attached hydrogens (primary N) is 1. The molecular weight excluding hydrogens is 278 g/mol. The Hall–Kier alpha value is -1.15. The van der Waals surface area contributed by atoms with Crippen molar-refractivity contribution >= 4 is 15.7 Å². The van der Waals surface area contributed by atoms with Gasteiger partial charge in [-0.2, -0.15) is 0 Å². The first-order chi connectivity index (χ1) is 9.48. The standard InChI is InChI=1S/C13H23N3O3S/c1-16(2)20(17,18)13-6-4-12(5-7-13)15-9-3-10-19-11-8-14/h4-7,15H,3,8-11,14H2,1-2H3. The third kappa shape index (κ3) is 5.09. The summed E-state index contributed by atoms with van der Waals surface area (Å²) in [5.41, 5.74) is 6.20. The molecule has 0 radical (unpaired) electrons. The molecule has 0 heterocycles. The van der Waals surface area contributed by atoms with Crippen molar-refractivity contribution < 1.29 is 13.2 Å². The monoisotopic (exact) mass is 301 g/mol. The van der Waals surface area contributed by atoms with E-state index in [1.54, 1.807) is 24.3 Å². The van der Waals surface area contributed by atoms with E-state index >= 15 is 0 Å². The highest BCUT2D eigenvalue weighted by molar-refractivity contribution is 7.89. The Kier molecular flexibility index (Phi) is 6.94. The van der Waals surface area contributed by atoms with Crippen LogP contribution in [0, 0.1) is 0 Å². The molecule has 0 atom stereocenters. The van der Waals surface area contributed by atoms with Crippen LogP contribution in [0.5, 0.6) is 0 Å². The quantitative estimate of drug-likeness (QED) is 0.656. The van der Waals surface area contributed by atoms with E-state index in [2.05, 4.69) is 5.32 Å². The SMILES string of the molecule is CN(C)S(=O)(=O)c1ccc(NCCCOCCN)cc1. The molecular formula is C13H23N3O3S. The first kappa shape index (κ1) is 16.9. The van der Waals surface area contributed by atoms with Crippen molar-refractivity contribution in [2.45, 2.75) is 11.3 Å². The van der Waals surface area contributed by atoms with E-state index < -0.39 is 10.0 Å². The average molecular weight is 301 g/mol. The minimum Gasteiger partial charge on any atom is -0.385 e. The van der Waals surface area contributed by atoms with Crippen LogP contribution < -0.4 is 11.1 Å². The number of anilines is 1. The van der Waals surface area contributed by atoms with Crippen LogP contribution >= 0.6 is 0 Å². The van der Waals surface area contributed by atoms with Gasteiger partial charge in [0.25, 0.3) is 0 Å². The van der Waals surface area contributed by atoms with Gasteiger partial charge in [0, 0.05) is 39.5 Å². The van der Waals surface area contributed by atoms with E-state index in [0.717, 1.165) is 18.7 Å². The normalized spacial score (nSPS) is 11.8. The fourth-order valence-corrected chi connectivity index (χ4v) is 2.45. The molecule has 1 aromatic carbocycles. The van der Waals surface area contributed by atoms with Gasteiger partial charge in [-0.15, -0.1) is 0 Å². The zero-order chi connectivity index (χ0) is 15.0. The minimum atomic E-state index is -3.36. The third-order valence-corrected chi connectivity index (χ3v) is 4.52. The highest BCUT2D eigenvalue weighted by Crippen LogP contribution is 2.16. The molecule has 0 fully saturated rings. The van der Waals surface area contributed by atoms with Gasteiger partial charge in [-0.25, -0.2) is 12.7 Å². The lowest BCUT2D eigenvalue weighted by Crippen LogP contribution is -2.22. The predicted octanol–water partition coefficient (Wildman–Crippen LogP) is 0.714. The molecule has 0 saturated carbocycles. The van der Waals surface area contributed by atoms with Gasteiger partial charge in [-0.3, -0.25) is 0 Å². The molecule has 1 rings (SSSR count). The molecule has 114 valence electrons.